The maximum absolute atomic E-state index is 12.5. The van der Waals surface area contributed by atoms with Crippen LogP contribution in [0.3, 0.4) is 0 Å². The first-order valence-electron chi connectivity index (χ1n) is 8.48. The summed E-state index contributed by atoms with van der Waals surface area (Å²) in [5.74, 6) is 0.773. The highest BCUT2D eigenvalue weighted by atomic mass is 35.5. The molecule has 1 amide bonds. The Balaban J connectivity index is 2.13. The number of hydrogen-bond acceptors (Lipinski definition) is 3. The zero-order valence-electron chi connectivity index (χ0n) is 14.9. The molecule has 0 atom stereocenters. The van der Waals surface area contributed by atoms with Crippen molar-refractivity contribution in [1.29, 1.82) is 0 Å². The lowest BCUT2D eigenvalue weighted by molar-refractivity contribution is 0.0950. The lowest BCUT2D eigenvalue weighted by atomic mass is 10.1. The van der Waals surface area contributed by atoms with Gasteiger partial charge >= 0.3 is 0 Å². The number of carbonyl (C=O) groups excluding carboxylic acids is 1. The molecule has 0 unspecified atom stereocenters. The van der Waals surface area contributed by atoms with Crippen LogP contribution in [-0.4, -0.2) is 19.1 Å². The summed E-state index contributed by atoms with van der Waals surface area (Å²) in [5.41, 5.74) is 2.67. The van der Waals surface area contributed by atoms with Crippen LogP contribution in [0.25, 0.3) is 0 Å². The molecular weight excluding hydrogens is 338 g/mol. The normalized spacial score (nSPS) is 10.4. The summed E-state index contributed by atoms with van der Waals surface area (Å²) in [5, 5.41) is 3.27. The van der Waals surface area contributed by atoms with Crippen molar-refractivity contribution in [2.24, 2.45) is 0 Å². The average molecular weight is 362 g/mol. The van der Waals surface area contributed by atoms with Gasteiger partial charge in [0.05, 0.1) is 18.2 Å². The minimum absolute atomic E-state index is 0.203. The van der Waals surface area contributed by atoms with Gasteiger partial charge in [-0.25, -0.2) is 0 Å². The number of rotatable bonds is 8. The summed E-state index contributed by atoms with van der Waals surface area (Å²) >= 11 is 6.30. The zero-order chi connectivity index (χ0) is 18.2. The van der Waals surface area contributed by atoms with Gasteiger partial charge in [-0.1, -0.05) is 48.4 Å². The van der Waals surface area contributed by atoms with Crippen LogP contribution in [0.15, 0.2) is 36.4 Å². The SMILES string of the molecule is CCCOc1c(Cl)cc(C(=O)NCc2ccc(C)cc2)cc1OCC. The molecular formula is C20H24ClNO3. The van der Waals surface area contributed by atoms with Crippen LogP contribution in [-0.2, 0) is 6.54 Å². The summed E-state index contributed by atoms with van der Waals surface area (Å²) in [6.45, 7) is 7.38. The fourth-order valence-electron chi connectivity index (χ4n) is 2.30. The Hall–Kier alpha value is -2.20. The first-order valence-corrected chi connectivity index (χ1v) is 8.85. The predicted octanol–water partition coefficient (Wildman–Crippen LogP) is 4.77. The molecule has 0 saturated heterocycles. The van der Waals surface area contributed by atoms with Crippen LogP contribution in [0.2, 0.25) is 5.02 Å². The minimum atomic E-state index is -0.203. The van der Waals surface area contributed by atoms with E-state index in [1.807, 2.05) is 45.0 Å². The van der Waals surface area contributed by atoms with Crippen LogP contribution < -0.4 is 14.8 Å². The Morgan fingerprint density at radius 2 is 1.84 bits per heavy atom. The summed E-state index contributed by atoms with van der Waals surface area (Å²) in [6, 6.07) is 11.3. The summed E-state index contributed by atoms with van der Waals surface area (Å²) in [4.78, 5) is 12.5. The average Bonchev–Trinajstić information content (AvgIpc) is 2.60. The fourth-order valence-corrected chi connectivity index (χ4v) is 2.56. The molecule has 0 aliphatic rings. The van der Waals surface area contributed by atoms with E-state index in [4.69, 9.17) is 21.1 Å². The standard InChI is InChI=1S/C20H24ClNO3/c1-4-10-25-19-17(21)11-16(12-18(19)24-5-2)20(23)22-13-15-8-6-14(3)7-9-15/h6-9,11-12H,4-5,10,13H2,1-3H3,(H,22,23). The number of nitrogens with one attached hydrogen (secondary N) is 1. The van der Waals surface area contributed by atoms with E-state index in [0.29, 0.717) is 41.8 Å². The van der Waals surface area contributed by atoms with Crippen molar-refractivity contribution in [2.45, 2.75) is 33.7 Å². The van der Waals surface area contributed by atoms with Crippen molar-refractivity contribution >= 4 is 17.5 Å². The highest BCUT2D eigenvalue weighted by molar-refractivity contribution is 6.32. The monoisotopic (exact) mass is 361 g/mol. The Bertz CT molecular complexity index is 714. The second kappa shape index (κ2) is 9.33. The van der Waals surface area contributed by atoms with Crippen LogP contribution in [0.5, 0.6) is 11.5 Å². The first-order chi connectivity index (χ1) is 12.0. The highest BCUT2D eigenvalue weighted by Crippen LogP contribution is 2.36. The van der Waals surface area contributed by atoms with Crippen LogP contribution in [0.4, 0.5) is 0 Å². The van der Waals surface area contributed by atoms with Crippen molar-refractivity contribution < 1.29 is 14.3 Å². The maximum atomic E-state index is 12.5. The highest BCUT2D eigenvalue weighted by Gasteiger charge is 2.16. The van der Waals surface area contributed by atoms with Gasteiger partial charge in [-0.15, -0.1) is 0 Å². The molecule has 0 fully saturated rings. The van der Waals surface area contributed by atoms with Gasteiger partial charge in [-0.3, -0.25) is 4.79 Å². The number of amides is 1. The molecule has 0 radical (unpaired) electrons. The van der Waals surface area contributed by atoms with E-state index in [9.17, 15) is 4.79 Å². The van der Waals surface area contributed by atoms with Crippen LogP contribution >= 0.6 is 11.6 Å². The van der Waals surface area contributed by atoms with E-state index in [0.717, 1.165) is 12.0 Å². The van der Waals surface area contributed by atoms with E-state index in [2.05, 4.69) is 5.32 Å². The third kappa shape index (κ3) is 5.40. The number of hydrogen-bond donors (Lipinski definition) is 1. The molecule has 0 aromatic heterocycles. The Morgan fingerprint density at radius 3 is 2.48 bits per heavy atom. The molecule has 25 heavy (non-hydrogen) atoms. The van der Waals surface area contributed by atoms with Crippen molar-refractivity contribution in [1.82, 2.24) is 5.32 Å². The molecule has 2 rings (SSSR count). The Labute approximate surface area is 154 Å². The Kier molecular flexibility index (Phi) is 7.14. The zero-order valence-corrected chi connectivity index (χ0v) is 15.7. The smallest absolute Gasteiger partial charge is 0.251 e. The third-order valence-electron chi connectivity index (χ3n) is 3.60. The molecule has 2 aromatic carbocycles. The number of benzene rings is 2. The minimum Gasteiger partial charge on any atom is -0.490 e. The number of carbonyl (C=O) groups is 1. The second-order valence-electron chi connectivity index (χ2n) is 5.74. The molecule has 0 saturated carbocycles. The molecule has 134 valence electrons. The molecule has 0 heterocycles. The number of ether oxygens (including phenoxy) is 2. The van der Waals surface area contributed by atoms with Gasteiger partial charge in [0.15, 0.2) is 11.5 Å². The van der Waals surface area contributed by atoms with Gasteiger partial charge in [-0.05, 0) is 38.0 Å². The van der Waals surface area contributed by atoms with Crippen LogP contribution in [0, 0.1) is 6.92 Å². The lowest BCUT2D eigenvalue weighted by Crippen LogP contribution is -2.23. The molecule has 2 aromatic rings. The second-order valence-corrected chi connectivity index (χ2v) is 6.14. The van der Waals surface area contributed by atoms with Crippen molar-refractivity contribution in [3.8, 4) is 11.5 Å². The van der Waals surface area contributed by atoms with Crippen molar-refractivity contribution in [3.05, 3.63) is 58.1 Å². The molecule has 1 N–H and O–H groups in total. The summed E-state index contributed by atoms with van der Waals surface area (Å²) in [7, 11) is 0. The maximum Gasteiger partial charge on any atom is 0.251 e. The van der Waals surface area contributed by atoms with Gasteiger partial charge in [0.25, 0.3) is 5.91 Å². The van der Waals surface area contributed by atoms with Crippen LogP contribution in [0.1, 0.15) is 41.8 Å². The molecule has 0 bridgehead atoms. The summed E-state index contributed by atoms with van der Waals surface area (Å²) < 4.78 is 11.2. The van der Waals surface area contributed by atoms with Gasteiger partial charge in [0.1, 0.15) is 0 Å². The van der Waals surface area contributed by atoms with E-state index in [1.54, 1.807) is 12.1 Å². The molecule has 0 spiro atoms. The largest absolute Gasteiger partial charge is 0.490 e. The molecule has 5 heteroatoms. The third-order valence-corrected chi connectivity index (χ3v) is 3.88. The number of halogens is 1. The topological polar surface area (TPSA) is 47.6 Å². The molecule has 4 nitrogen and oxygen atoms in total. The van der Waals surface area contributed by atoms with Gasteiger partial charge in [0, 0.05) is 12.1 Å². The van der Waals surface area contributed by atoms with Gasteiger partial charge in [0.2, 0.25) is 0 Å². The Morgan fingerprint density at radius 1 is 1.12 bits per heavy atom. The fraction of sp³-hybridized carbons (Fsp3) is 0.350. The van der Waals surface area contributed by atoms with E-state index in [-0.39, 0.29) is 5.91 Å². The van der Waals surface area contributed by atoms with E-state index < -0.39 is 0 Å². The molecule has 0 aliphatic carbocycles. The van der Waals surface area contributed by atoms with Gasteiger partial charge in [-0.2, -0.15) is 0 Å². The van der Waals surface area contributed by atoms with Crippen molar-refractivity contribution in [3.63, 3.8) is 0 Å². The van der Waals surface area contributed by atoms with E-state index in [1.165, 1.54) is 5.56 Å². The first kappa shape index (κ1) is 19.1. The molecule has 0 aliphatic heterocycles. The van der Waals surface area contributed by atoms with E-state index >= 15 is 0 Å². The van der Waals surface area contributed by atoms with Gasteiger partial charge < -0.3 is 14.8 Å². The number of aryl methyl sites for hydroxylation is 1. The van der Waals surface area contributed by atoms with Crippen molar-refractivity contribution in [2.75, 3.05) is 13.2 Å². The predicted molar refractivity (Wildman–Crippen MR) is 101 cm³/mol. The summed E-state index contributed by atoms with van der Waals surface area (Å²) in [6.07, 6.45) is 0.862. The lowest BCUT2D eigenvalue weighted by Gasteiger charge is -2.15. The quantitative estimate of drug-likeness (QED) is 0.737.